The molecule has 1 aromatic heterocycles. The van der Waals surface area contributed by atoms with Gasteiger partial charge in [0.2, 0.25) is 0 Å². The monoisotopic (exact) mass is 290 g/mol. The molecule has 0 radical (unpaired) electrons. The highest BCUT2D eigenvalue weighted by Crippen LogP contribution is 2.45. The Labute approximate surface area is 124 Å². The molecule has 1 aromatic carbocycles. The van der Waals surface area contributed by atoms with Gasteiger partial charge < -0.3 is 10.1 Å². The molecule has 4 heteroatoms. The summed E-state index contributed by atoms with van der Waals surface area (Å²) in [5.74, 6) is 0. The molecular weight excluding hydrogens is 268 g/mol. The van der Waals surface area contributed by atoms with Crippen molar-refractivity contribution in [1.29, 1.82) is 0 Å². The number of fused-ring (bicyclic) bond motifs is 1. The zero-order valence-electron chi connectivity index (χ0n) is 12.6. The molecule has 0 saturated heterocycles. The van der Waals surface area contributed by atoms with Crippen molar-refractivity contribution in [1.82, 2.24) is 4.98 Å². The molecular formula is C16H22N2OS. The third-order valence-electron chi connectivity index (χ3n) is 4.39. The molecule has 1 aliphatic carbocycles. The minimum absolute atomic E-state index is 0.170. The highest BCUT2D eigenvalue weighted by atomic mass is 32.1. The number of rotatable bonds is 4. The molecule has 0 aliphatic heterocycles. The van der Waals surface area contributed by atoms with Gasteiger partial charge in [-0.15, -0.1) is 0 Å². The van der Waals surface area contributed by atoms with Crippen LogP contribution in [0, 0.1) is 12.3 Å². The lowest BCUT2D eigenvalue weighted by Gasteiger charge is -2.51. The van der Waals surface area contributed by atoms with Crippen LogP contribution in [0.25, 0.3) is 10.2 Å². The Morgan fingerprint density at radius 3 is 2.95 bits per heavy atom. The van der Waals surface area contributed by atoms with Crippen LogP contribution >= 0.6 is 11.3 Å². The first-order valence-electron chi connectivity index (χ1n) is 7.26. The van der Waals surface area contributed by atoms with Gasteiger partial charge in [-0.3, -0.25) is 0 Å². The highest BCUT2D eigenvalue weighted by Gasteiger charge is 2.49. The van der Waals surface area contributed by atoms with Gasteiger partial charge in [0.25, 0.3) is 0 Å². The molecule has 2 unspecified atom stereocenters. The van der Waals surface area contributed by atoms with Crippen LogP contribution in [0.3, 0.4) is 0 Å². The van der Waals surface area contributed by atoms with E-state index in [9.17, 15) is 0 Å². The zero-order valence-corrected chi connectivity index (χ0v) is 13.4. The van der Waals surface area contributed by atoms with Crippen LogP contribution in [-0.2, 0) is 4.74 Å². The summed E-state index contributed by atoms with van der Waals surface area (Å²) in [5, 5.41) is 4.62. The van der Waals surface area contributed by atoms with E-state index in [4.69, 9.17) is 4.74 Å². The Balaban J connectivity index is 1.74. The Hall–Kier alpha value is -1.13. The van der Waals surface area contributed by atoms with Gasteiger partial charge in [-0.05, 0) is 38.0 Å². The molecule has 1 saturated carbocycles. The predicted molar refractivity (Wildman–Crippen MR) is 85.6 cm³/mol. The first-order valence-corrected chi connectivity index (χ1v) is 8.07. The quantitative estimate of drug-likeness (QED) is 0.915. The SMILES string of the molecule is CCOC1CC(Nc2nc3ccc(C)cc3s2)C1(C)C. The van der Waals surface area contributed by atoms with E-state index >= 15 is 0 Å². The maximum Gasteiger partial charge on any atom is 0.184 e. The number of hydrogen-bond donors (Lipinski definition) is 1. The third kappa shape index (κ3) is 2.31. The van der Waals surface area contributed by atoms with Crippen molar-refractivity contribution in [3.05, 3.63) is 23.8 Å². The van der Waals surface area contributed by atoms with Crippen molar-refractivity contribution >= 4 is 26.7 Å². The summed E-state index contributed by atoms with van der Waals surface area (Å²) in [6.45, 7) is 9.51. The fraction of sp³-hybridized carbons (Fsp3) is 0.562. The first-order chi connectivity index (χ1) is 9.50. The normalized spacial score (nSPS) is 24.6. The van der Waals surface area contributed by atoms with Crippen LogP contribution in [0.2, 0.25) is 0 Å². The summed E-state index contributed by atoms with van der Waals surface area (Å²) >= 11 is 1.74. The van der Waals surface area contributed by atoms with E-state index in [1.807, 2.05) is 0 Å². The van der Waals surface area contributed by atoms with E-state index in [0.717, 1.165) is 23.7 Å². The second kappa shape index (κ2) is 5.01. The van der Waals surface area contributed by atoms with Crippen LogP contribution in [0.1, 0.15) is 32.8 Å². The number of aryl methyl sites for hydroxylation is 1. The fourth-order valence-corrected chi connectivity index (χ4v) is 3.87. The van der Waals surface area contributed by atoms with E-state index in [1.54, 1.807) is 11.3 Å². The number of thiazole rings is 1. The van der Waals surface area contributed by atoms with E-state index in [-0.39, 0.29) is 5.41 Å². The molecule has 1 N–H and O–H groups in total. The van der Waals surface area contributed by atoms with Crippen LogP contribution in [0.4, 0.5) is 5.13 Å². The number of anilines is 1. The van der Waals surface area contributed by atoms with Gasteiger partial charge in [0.05, 0.1) is 16.3 Å². The lowest BCUT2D eigenvalue weighted by atomic mass is 9.64. The molecule has 0 bridgehead atoms. The molecule has 20 heavy (non-hydrogen) atoms. The van der Waals surface area contributed by atoms with Crippen LogP contribution < -0.4 is 5.32 Å². The van der Waals surface area contributed by atoms with Crippen LogP contribution in [0.15, 0.2) is 18.2 Å². The Morgan fingerprint density at radius 2 is 2.25 bits per heavy atom. The summed E-state index contributed by atoms with van der Waals surface area (Å²) in [5.41, 5.74) is 2.54. The van der Waals surface area contributed by atoms with Gasteiger partial charge in [-0.2, -0.15) is 0 Å². The maximum absolute atomic E-state index is 5.78. The second-order valence-electron chi connectivity index (χ2n) is 6.19. The number of hydrogen-bond acceptors (Lipinski definition) is 4. The summed E-state index contributed by atoms with van der Waals surface area (Å²) in [4.78, 5) is 4.68. The molecule has 1 heterocycles. The number of nitrogens with zero attached hydrogens (tertiary/aromatic N) is 1. The average molecular weight is 290 g/mol. The summed E-state index contributed by atoms with van der Waals surface area (Å²) in [6.07, 6.45) is 1.43. The molecule has 1 aliphatic rings. The first kappa shape index (κ1) is 13.8. The summed E-state index contributed by atoms with van der Waals surface area (Å²) in [6, 6.07) is 6.86. The lowest BCUT2D eigenvalue weighted by Crippen LogP contribution is -2.58. The van der Waals surface area contributed by atoms with Crippen molar-refractivity contribution in [2.45, 2.75) is 46.3 Å². The van der Waals surface area contributed by atoms with E-state index in [2.05, 4.69) is 56.2 Å². The Morgan fingerprint density at radius 1 is 1.45 bits per heavy atom. The predicted octanol–water partition coefficient (Wildman–Crippen LogP) is 4.22. The molecule has 2 aromatic rings. The maximum atomic E-state index is 5.78. The minimum atomic E-state index is 0.170. The van der Waals surface area contributed by atoms with Crippen molar-refractivity contribution in [3.8, 4) is 0 Å². The minimum Gasteiger partial charge on any atom is -0.378 e. The van der Waals surface area contributed by atoms with Crippen molar-refractivity contribution in [2.24, 2.45) is 5.41 Å². The molecule has 0 amide bonds. The molecule has 2 atom stereocenters. The largest absolute Gasteiger partial charge is 0.378 e. The summed E-state index contributed by atoms with van der Waals surface area (Å²) in [7, 11) is 0. The fourth-order valence-electron chi connectivity index (χ4n) is 2.86. The van der Waals surface area contributed by atoms with Crippen molar-refractivity contribution in [2.75, 3.05) is 11.9 Å². The standard InChI is InChI=1S/C16H22N2OS/c1-5-19-14-9-13(16(14,3)4)18-15-17-11-7-6-10(2)8-12(11)20-15/h6-8,13-14H,5,9H2,1-4H3,(H,17,18). The lowest BCUT2D eigenvalue weighted by molar-refractivity contribution is -0.0975. The van der Waals surface area contributed by atoms with Gasteiger partial charge in [0.15, 0.2) is 5.13 Å². The van der Waals surface area contributed by atoms with Crippen molar-refractivity contribution < 1.29 is 4.74 Å². The van der Waals surface area contributed by atoms with Gasteiger partial charge in [0, 0.05) is 18.1 Å². The van der Waals surface area contributed by atoms with Crippen LogP contribution in [-0.4, -0.2) is 23.7 Å². The number of aromatic nitrogens is 1. The summed E-state index contributed by atoms with van der Waals surface area (Å²) < 4.78 is 7.03. The zero-order chi connectivity index (χ0) is 14.3. The topological polar surface area (TPSA) is 34.1 Å². The molecule has 3 rings (SSSR count). The van der Waals surface area contributed by atoms with E-state index < -0.39 is 0 Å². The van der Waals surface area contributed by atoms with Gasteiger partial charge >= 0.3 is 0 Å². The van der Waals surface area contributed by atoms with E-state index in [0.29, 0.717) is 12.1 Å². The Bertz CT molecular complexity index is 620. The second-order valence-corrected chi connectivity index (χ2v) is 7.22. The molecule has 1 fully saturated rings. The van der Waals surface area contributed by atoms with Gasteiger partial charge in [-0.25, -0.2) is 4.98 Å². The number of nitrogens with one attached hydrogen (secondary N) is 1. The number of ether oxygens (including phenoxy) is 1. The average Bonchev–Trinajstić information content (AvgIpc) is 2.79. The number of benzene rings is 1. The van der Waals surface area contributed by atoms with Crippen molar-refractivity contribution in [3.63, 3.8) is 0 Å². The molecule has 0 spiro atoms. The highest BCUT2D eigenvalue weighted by molar-refractivity contribution is 7.22. The smallest absolute Gasteiger partial charge is 0.184 e. The van der Waals surface area contributed by atoms with Crippen LogP contribution in [0.5, 0.6) is 0 Å². The third-order valence-corrected chi connectivity index (χ3v) is 5.34. The van der Waals surface area contributed by atoms with Gasteiger partial charge in [-0.1, -0.05) is 31.3 Å². The molecule has 108 valence electrons. The molecule has 3 nitrogen and oxygen atoms in total. The van der Waals surface area contributed by atoms with E-state index in [1.165, 1.54) is 10.3 Å². The van der Waals surface area contributed by atoms with Gasteiger partial charge in [0.1, 0.15) is 0 Å². The Kier molecular flexibility index (Phi) is 3.46.